The largest absolute Gasteiger partial charge is 0.481 e. The molecule has 2 saturated heterocycles. The Kier molecular flexibility index (Phi) is 3.71. The lowest BCUT2D eigenvalue weighted by Crippen LogP contribution is -2.41. The Bertz CT molecular complexity index is 529. The molecule has 0 saturated carbocycles. The van der Waals surface area contributed by atoms with Gasteiger partial charge in [0.05, 0.1) is 5.92 Å². The molecular weight excluding hydrogens is 276 g/mol. The fourth-order valence-corrected chi connectivity index (χ4v) is 3.51. The number of halogens is 1. The molecule has 108 valence electrons. The van der Waals surface area contributed by atoms with Gasteiger partial charge in [0.25, 0.3) is 0 Å². The van der Waals surface area contributed by atoms with Crippen molar-refractivity contribution in [3.63, 3.8) is 0 Å². The average molecular weight is 295 g/mol. The van der Waals surface area contributed by atoms with Crippen molar-refractivity contribution in [3.8, 4) is 0 Å². The van der Waals surface area contributed by atoms with Gasteiger partial charge in [0.1, 0.15) is 0 Å². The minimum atomic E-state index is -0.722. The number of carboxylic acids is 1. The van der Waals surface area contributed by atoms with Gasteiger partial charge in [-0.25, -0.2) is 0 Å². The Labute approximate surface area is 123 Å². The monoisotopic (exact) mass is 294 g/mol. The Hall–Kier alpha value is -1.10. The van der Waals surface area contributed by atoms with E-state index >= 15 is 0 Å². The van der Waals surface area contributed by atoms with Crippen LogP contribution in [0.25, 0.3) is 0 Å². The summed E-state index contributed by atoms with van der Waals surface area (Å²) in [6.07, 6.45) is 0.636. The third-order valence-electron chi connectivity index (χ3n) is 4.41. The molecule has 2 fully saturated rings. The second-order valence-electron chi connectivity index (χ2n) is 5.93. The summed E-state index contributed by atoms with van der Waals surface area (Å²) in [7, 11) is 2.10. The smallest absolute Gasteiger partial charge is 0.307 e. The van der Waals surface area contributed by atoms with Crippen LogP contribution < -0.4 is 5.32 Å². The number of aliphatic carboxylic acids is 1. The van der Waals surface area contributed by atoms with E-state index in [-0.39, 0.29) is 12.0 Å². The van der Waals surface area contributed by atoms with Crippen LogP contribution in [0.15, 0.2) is 18.2 Å². The third kappa shape index (κ3) is 2.55. The molecule has 0 aliphatic carbocycles. The zero-order chi connectivity index (χ0) is 14.3. The Balaban J connectivity index is 1.73. The van der Waals surface area contributed by atoms with E-state index in [1.165, 1.54) is 5.56 Å². The van der Waals surface area contributed by atoms with Crippen LogP contribution in [0.4, 0.5) is 0 Å². The summed E-state index contributed by atoms with van der Waals surface area (Å²) in [5, 5.41) is 13.1. The molecule has 0 aromatic heterocycles. The first kappa shape index (κ1) is 13.9. The topological polar surface area (TPSA) is 52.6 Å². The van der Waals surface area contributed by atoms with Gasteiger partial charge in [-0.1, -0.05) is 23.7 Å². The van der Waals surface area contributed by atoms with Crippen molar-refractivity contribution in [2.45, 2.75) is 18.4 Å². The van der Waals surface area contributed by atoms with Crippen molar-refractivity contribution in [2.75, 3.05) is 26.7 Å². The molecule has 0 bridgehead atoms. The van der Waals surface area contributed by atoms with E-state index in [0.29, 0.717) is 18.9 Å². The highest BCUT2D eigenvalue weighted by molar-refractivity contribution is 6.31. The summed E-state index contributed by atoms with van der Waals surface area (Å²) in [6.45, 7) is 2.65. The zero-order valence-electron chi connectivity index (χ0n) is 11.5. The molecule has 0 radical (unpaired) electrons. The lowest BCUT2D eigenvalue weighted by Gasteiger charge is -2.37. The number of likely N-dealkylation sites (N-methyl/N-ethyl adjacent to an activating group) is 1. The number of carboxylic acid groups (broad SMARTS) is 1. The molecule has 2 aliphatic rings. The van der Waals surface area contributed by atoms with Gasteiger partial charge in [-0.15, -0.1) is 0 Å². The Morgan fingerprint density at radius 1 is 1.45 bits per heavy atom. The Morgan fingerprint density at radius 3 is 2.75 bits per heavy atom. The van der Waals surface area contributed by atoms with Gasteiger partial charge in [0, 0.05) is 36.6 Å². The van der Waals surface area contributed by atoms with E-state index in [1.807, 2.05) is 6.07 Å². The lowest BCUT2D eigenvalue weighted by molar-refractivity contribution is -0.141. The highest BCUT2D eigenvalue weighted by Crippen LogP contribution is 2.35. The van der Waals surface area contributed by atoms with Crippen LogP contribution >= 0.6 is 11.6 Å². The number of carbonyl (C=O) groups is 1. The van der Waals surface area contributed by atoms with Gasteiger partial charge < -0.3 is 15.3 Å². The molecule has 0 spiro atoms. The highest BCUT2D eigenvalue weighted by atomic mass is 35.5. The predicted octanol–water partition coefficient (Wildman–Crippen LogP) is 2.10. The lowest BCUT2D eigenvalue weighted by atomic mass is 9.90. The number of hydrogen-bond donors (Lipinski definition) is 2. The molecule has 4 nitrogen and oxygen atoms in total. The van der Waals surface area contributed by atoms with E-state index < -0.39 is 5.97 Å². The number of hydrogen-bond acceptors (Lipinski definition) is 3. The van der Waals surface area contributed by atoms with Gasteiger partial charge >= 0.3 is 5.97 Å². The fraction of sp³-hybridized carbons (Fsp3) is 0.533. The standard InChI is InChI=1S/C15H19ClN2O2/c1-18-7-11(8-18)12-3-2-9(4-13(12)16)14-5-10(6-17-14)15(19)20/h2-4,10-11,14,17H,5-8H2,1H3,(H,19,20). The maximum absolute atomic E-state index is 11.0. The molecule has 5 heteroatoms. The molecule has 2 atom stereocenters. The third-order valence-corrected chi connectivity index (χ3v) is 4.74. The summed E-state index contributed by atoms with van der Waals surface area (Å²) in [4.78, 5) is 13.3. The van der Waals surface area contributed by atoms with Crippen molar-refractivity contribution < 1.29 is 9.90 Å². The molecule has 3 rings (SSSR count). The van der Waals surface area contributed by atoms with Gasteiger partial charge in [-0.3, -0.25) is 4.79 Å². The molecule has 0 amide bonds. The number of benzene rings is 1. The van der Waals surface area contributed by atoms with Crippen LogP contribution in [-0.2, 0) is 4.79 Å². The first-order valence-corrected chi connectivity index (χ1v) is 7.36. The molecule has 2 aliphatic heterocycles. The first-order valence-electron chi connectivity index (χ1n) is 6.98. The van der Waals surface area contributed by atoms with Crippen LogP contribution in [0.1, 0.15) is 29.5 Å². The fourth-order valence-electron chi connectivity index (χ4n) is 3.16. The van der Waals surface area contributed by atoms with Crippen LogP contribution in [0.2, 0.25) is 5.02 Å². The maximum atomic E-state index is 11.0. The van der Waals surface area contributed by atoms with E-state index in [2.05, 4.69) is 29.4 Å². The SMILES string of the molecule is CN1CC(c2ccc(C3CC(C(=O)O)CN3)cc2Cl)C1. The number of nitrogens with one attached hydrogen (secondary N) is 1. The summed E-state index contributed by atoms with van der Waals surface area (Å²) in [5.74, 6) is -0.483. The van der Waals surface area contributed by atoms with Gasteiger partial charge in [-0.05, 0) is 30.7 Å². The van der Waals surface area contributed by atoms with Crippen molar-refractivity contribution in [1.29, 1.82) is 0 Å². The van der Waals surface area contributed by atoms with E-state index in [9.17, 15) is 4.79 Å². The van der Waals surface area contributed by atoms with Crippen molar-refractivity contribution in [3.05, 3.63) is 34.3 Å². The highest BCUT2D eigenvalue weighted by Gasteiger charge is 2.31. The maximum Gasteiger partial charge on any atom is 0.307 e. The van der Waals surface area contributed by atoms with E-state index in [0.717, 1.165) is 23.7 Å². The molecular formula is C15H19ClN2O2. The van der Waals surface area contributed by atoms with Crippen molar-refractivity contribution in [1.82, 2.24) is 10.2 Å². The van der Waals surface area contributed by atoms with Crippen LogP contribution in [0, 0.1) is 5.92 Å². The number of nitrogens with zero attached hydrogens (tertiary/aromatic N) is 1. The number of rotatable bonds is 3. The minimum absolute atomic E-state index is 0.103. The average Bonchev–Trinajstić information content (AvgIpc) is 2.85. The Morgan fingerprint density at radius 2 is 2.20 bits per heavy atom. The van der Waals surface area contributed by atoms with Crippen LogP contribution in [0.3, 0.4) is 0 Å². The van der Waals surface area contributed by atoms with Crippen LogP contribution in [-0.4, -0.2) is 42.7 Å². The van der Waals surface area contributed by atoms with Gasteiger partial charge in [0.2, 0.25) is 0 Å². The quantitative estimate of drug-likeness (QED) is 0.896. The van der Waals surface area contributed by atoms with Crippen molar-refractivity contribution >= 4 is 17.6 Å². The zero-order valence-corrected chi connectivity index (χ0v) is 12.2. The van der Waals surface area contributed by atoms with E-state index in [4.69, 9.17) is 16.7 Å². The molecule has 1 aromatic rings. The molecule has 2 N–H and O–H groups in total. The first-order chi connectivity index (χ1) is 9.54. The molecule has 1 aromatic carbocycles. The predicted molar refractivity (Wildman–Crippen MR) is 78.2 cm³/mol. The number of likely N-dealkylation sites (tertiary alicyclic amines) is 1. The molecule has 2 heterocycles. The summed E-state index contributed by atoms with van der Waals surface area (Å²) in [6, 6.07) is 6.29. The van der Waals surface area contributed by atoms with E-state index in [1.54, 1.807) is 0 Å². The van der Waals surface area contributed by atoms with Gasteiger partial charge in [-0.2, -0.15) is 0 Å². The molecule has 20 heavy (non-hydrogen) atoms. The summed E-state index contributed by atoms with van der Waals surface area (Å²) in [5.41, 5.74) is 2.30. The van der Waals surface area contributed by atoms with Crippen molar-refractivity contribution in [2.24, 2.45) is 5.92 Å². The second-order valence-corrected chi connectivity index (χ2v) is 6.34. The van der Waals surface area contributed by atoms with Crippen LogP contribution in [0.5, 0.6) is 0 Å². The summed E-state index contributed by atoms with van der Waals surface area (Å²) < 4.78 is 0. The minimum Gasteiger partial charge on any atom is -0.481 e. The normalized spacial score (nSPS) is 27.5. The second kappa shape index (κ2) is 5.35. The van der Waals surface area contributed by atoms with Gasteiger partial charge in [0.15, 0.2) is 0 Å². The molecule has 2 unspecified atom stereocenters. The summed E-state index contributed by atoms with van der Waals surface area (Å²) >= 11 is 6.40.